The molecule has 3 heterocycles. The third-order valence-electron chi connectivity index (χ3n) is 3.62. The number of hydrogen-bond donors (Lipinski definition) is 2. The van der Waals surface area contributed by atoms with E-state index in [4.69, 9.17) is 0 Å². The summed E-state index contributed by atoms with van der Waals surface area (Å²) in [6.07, 6.45) is 6.80. The lowest BCUT2D eigenvalue weighted by Gasteiger charge is -2.05. The van der Waals surface area contributed by atoms with Crippen LogP contribution in [0, 0.1) is 5.82 Å². The number of nitrogens with zero attached hydrogens (tertiary/aromatic N) is 3. The second kappa shape index (κ2) is 5.49. The van der Waals surface area contributed by atoms with Gasteiger partial charge in [-0.3, -0.25) is 10.1 Å². The van der Waals surface area contributed by atoms with E-state index in [-0.39, 0.29) is 5.82 Å². The lowest BCUT2D eigenvalue weighted by molar-refractivity contribution is 0.628. The molecular weight excluding hydrogens is 293 g/mol. The van der Waals surface area contributed by atoms with Gasteiger partial charge in [-0.25, -0.2) is 9.37 Å². The molecule has 4 aromatic rings. The zero-order valence-corrected chi connectivity index (χ0v) is 12.0. The van der Waals surface area contributed by atoms with Gasteiger partial charge in [0.1, 0.15) is 11.5 Å². The molecule has 112 valence electrons. The zero-order valence-electron chi connectivity index (χ0n) is 12.0. The highest BCUT2D eigenvalue weighted by molar-refractivity contribution is 5.90. The fourth-order valence-corrected chi connectivity index (χ4v) is 2.55. The van der Waals surface area contributed by atoms with Crippen LogP contribution in [-0.2, 0) is 0 Å². The molecule has 3 aromatic heterocycles. The first-order chi connectivity index (χ1) is 11.3. The molecule has 0 fully saturated rings. The van der Waals surface area contributed by atoms with E-state index in [9.17, 15) is 4.39 Å². The van der Waals surface area contributed by atoms with Gasteiger partial charge in [-0.1, -0.05) is 0 Å². The Morgan fingerprint density at radius 2 is 1.65 bits per heavy atom. The Labute approximate surface area is 131 Å². The topological polar surface area (TPSA) is 70.2 Å². The summed E-state index contributed by atoms with van der Waals surface area (Å²) in [5.74, 6) is -0.275. The number of benzene rings is 1. The van der Waals surface area contributed by atoms with Crippen LogP contribution in [0.25, 0.3) is 33.8 Å². The SMILES string of the molecule is Fc1ccc(-c2n[nH]c(-c3cnc[nH]3)c2-c2ccncc2)cc1. The third-order valence-corrected chi connectivity index (χ3v) is 3.62. The largest absolute Gasteiger partial charge is 0.343 e. The average molecular weight is 305 g/mol. The second-order valence-electron chi connectivity index (χ2n) is 5.03. The van der Waals surface area contributed by atoms with Gasteiger partial charge in [-0.05, 0) is 42.0 Å². The Bertz CT molecular complexity index is 912. The van der Waals surface area contributed by atoms with Crippen molar-refractivity contribution in [3.8, 4) is 33.8 Å². The van der Waals surface area contributed by atoms with Crippen molar-refractivity contribution in [3.05, 3.63) is 67.1 Å². The Morgan fingerprint density at radius 1 is 0.870 bits per heavy atom. The number of aromatic amines is 2. The summed E-state index contributed by atoms with van der Waals surface area (Å²) in [7, 11) is 0. The lowest BCUT2D eigenvalue weighted by atomic mass is 9.99. The van der Waals surface area contributed by atoms with Gasteiger partial charge >= 0.3 is 0 Å². The minimum absolute atomic E-state index is 0.275. The first kappa shape index (κ1) is 13.4. The van der Waals surface area contributed by atoms with Crippen LogP contribution >= 0.6 is 0 Å². The van der Waals surface area contributed by atoms with Crippen LogP contribution in [0.15, 0.2) is 61.3 Å². The summed E-state index contributed by atoms with van der Waals surface area (Å²) < 4.78 is 13.2. The Hall–Kier alpha value is -3.28. The van der Waals surface area contributed by atoms with E-state index < -0.39 is 0 Å². The number of pyridine rings is 1. The minimum atomic E-state index is -0.275. The molecule has 0 saturated heterocycles. The van der Waals surface area contributed by atoms with Crippen LogP contribution in [0.3, 0.4) is 0 Å². The predicted octanol–water partition coefficient (Wildman–Crippen LogP) is 3.67. The van der Waals surface area contributed by atoms with Crippen LogP contribution in [0.5, 0.6) is 0 Å². The number of aromatic nitrogens is 5. The fourth-order valence-electron chi connectivity index (χ4n) is 2.55. The van der Waals surface area contributed by atoms with Gasteiger partial charge in [0.15, 0.2) is 0 Å². The molecule has 1 aromatic carbocycles. The first-order valence-electron chi connectivity index (χ1n) is 7.06. The van der Waals surface area contributed by atoms with E-state index in [2.05, 4.69) is 25.1 Å². The van der Waals surface area contributed by atoms with Gasteiger partial charge in [0.25, 0.3) is 0 Å². The zero-order chi connectivity index (χ0) is 15.6. The van der Waals surface area contributed by atoms with Crippen molar-refractivity contribution in [1.29, 1.82) is 0 Å². The van der Waals surface area contributed by atoms with Crippen molar-refractivity contribution >= 4 is 0 Å². The summed E-state index contributed by atoms with van der Waals surface area (Å²) in [5, 5.41) is 7.49. The highest BCUT2D eigenvalue weighted by Gasteiger charge is 2.18. The monoisotopic (exact) mass is 305 g/mol. The van der Waals surface area contributed by atoms with E-state index in [1.54, 1.807) is 37.1 Å². The molecule has 0 saturated carbocycles. The Kier molecular flexibility index (Phi) is 3.20. The molecule has 23 heavy (non-hydrogen) atoms. The quantitative estimate of drug-likeness (QED) is 0.606. The minimum Gasteiger partial charge on any atom is -0.343 e. The summed E-state index contributed by atoms with van der Waals surface area (Å²) in [5.41, 5.74) is 5.13. The van der Waals surface area contributed by atoms with Gasteiger partial charge in [0.05, 0.1) is 23.9 Å². The molecule has 0 aliphatic carbocycles. The normalized spacial score (nSPS) is 10.8. The highest BCUT2D eigenvalue weighted by Crippen LogP contribution is 2.37. The first-order valence-corrected chi connectivity index (χ1v) is 7.06. The van der Waals surface area contributed by atoms with Gasteiger partial charge < -0.3 is 4.98 Å². The second-order valence-corrected chi connectivity index (χ2v) is 5.03. The van der Waals surface area contributed by atoms with Crippen LogP contribution in [0.2, 0.25) is 0 Å². The summed E-state index contributed by atoms with van der Waals surface area (Å²) >= 11 is 0. The van der Waals surface area contributed by atoms with E-state index in [1.807, 2.05) is 12.1 Å². The third kappa shape index (κ3) is 2.40. The predicted molar refractivity (Wildman–Crippen MR) is 84.8 cm³/mol. The highest BCUT2D eigenvalue weighted by atomic mass is 19.1. The Morgan fingerprint density at radius 3 is 2.35 bits per heavy atom. The molecule has 6 heteroatoms. The van der Waals surface area contributed by atoms with Gasteiger partial charge in [0, 0.05) is 23.5 Å². The van der Waals surface area contributed by atoms with Crippen molar-refractivity contribution in [1.82, 2.24) is 25.1 Å². The molecule has 0 bridgehead atoms. The van der Waals surface area contributed by atoms with Crippen LogP contribution in [-0.4, -0.2) is 25.1 Å². The van der Waals surface area contributed by atoms with E-state index in [0.29, 0.717) is 0 Å². The van der Waals surface area contributed by atoms with Gasteiger partial charge in [-0.2, -0.15) is 5.10 Å². The van der Waals surface area contributed by atoms with Crippen molar-refractivity contribution in [3.63, 3.8) is 0 Å². The smallest absolute Gasteiger partial charge is 0.123 e. The molecular formula is C17H12FN5. The van der Waals surface area contributed by atoms with Gasteiger partial charge in [0.2, 0.25) is 0 Å². The van der Waals surface area contributed by atoms with E-state index in [1.165, 1.54) is 12.1 Å². The van der Waals surface area contributed by atoms with Crippen molar-refractivity contribution < 1.29 is 4.39 Å². The molecule has 0 amide bonds. The molecule has 0 atom stereocenters. The molecule has 0 aliphatic rings. The molecule has 0 aliphatic heterocycles. The van der Waals surface area contributed by atoms with E-state index in [0.717, 1.165) is 33.8 Å². The summed E-state index contributed by atoms with van der Waals surface area (Å²) in [6.45, 7) is 0. The van der Waals surface area contributed by atoms with Gasteiger partial charge in [-0.15, -0.1) is 0 Å². The molecule has 0 unspecified atom stereocenters. The van der Waals surface area contributed by atoms with Crippen LogP contribution in [0.1, 0.15) is 0 Å². The maximum atomic E-state index is 13.2. The molecule has 4 rings (SSSR count). The summed E-state index contributed by atoms with van der Waals surface area (Å²) in [6, 6.07) is 10.1. The average Bonchev–Trinajstić information content (AvgIpc) is 3.25. The number of hydrogen-bond acceptors (Lipinski definition) is 3. The van der Waals surface area contributed by atoms with E-state index >= 15 is 0 Å². The number of rotatable bonds is 3. The van der Waals surface area contributed by atoms with Crippen molar-refractivity contribution in [2.75, 3.05) is 0 Å². The Balaban J connectivity index is 1.95. The maximum absolute atomic E-state index is 13.2. The number of halogens is 1. The lowest BCUT2D eigenvalue weighted by Crippen LogP contribution is -1.86. The molecule has 2 N–H and O–H groups in total. The standard InChI is InChI=1S/C17H12FN5/c18-13-3-1-12(2-4-13)16-15(11-5-7-19-8-6-11)17(23-22-16)14-9-20-10-21-14/h1-10H,(H,20,21)(H,22,23). The molecule has 5 nitrogen and oxygen atoms in total. The molecule has 0 spiro atoms. The number of H-pyrrole nitrogens is 2. The number of nitrogens with one attached hydrogen (secondary N) is 2. The van der Waals surface area contributed by atoms with Crippen LogP contribution < -0.4 is 0 Å². The fraction of sp³-hybridized carbons (Fsp3) is 0. The van der Waals surface area contributed by atoms with Crippen molar-refractivity contribution in [2.45, 2.75) is 0 Å². The summed E-state index contributed by atoms with van der Waals surface area (Å²) in [4.78, 5) is 11.2. The molecule has 0 radical (unpaired) electrons. The number of imidazole rings is 1. The van der Waals surface area contributed by atoms with Crippen molar-refractivity contribution in [2.24, 2.45) is 0 Å². The van der Waals surface area contributed by atoms with Crippen LogP contribution in [0.4, 0.5) is 4.39 Å². The maximum Gasteiger partial charge on any atom is 0.123 e.